The number of piperidine rings is 1. The van der Waals surface area contributed by atoms with Gasteiger partial charge in [0.15, 0.2) is 0 Å². The van der Waals surface area contributed by atoms with Gasteiger partial charge in [-0.25, -0.2) is 0 Å². The Hall–Kier alpha value is -1.55. The van der Waals surface area contributed by atoms with Gasteiger partial charge in [-0.3, -0.25) is 4.79 Å². The van der Waals surface area contributed by atoms with E-state index in [9.17, 15) is 9.90 Å². The summed E-state index contributed by atoms with van der Waals surface area (Å²) < 4.78 is 0. The maximum absolute atomic E-state index is 12.8. The van der Waals surface area contributed by atoms with Gasteiger partial charge >= 0.3 is 0 Å². The number of phenolic OH excluding ortho intramolecular Hbond substituents is 1. The van der Waals surface area contributed by atoms with Crippen molar-refractivity contribution in [1.82, 2.24) is 10.2 Å². The molecule has 1 aliphatic carbocycles. The van der Waals surface area contributed by atoms with Crippen LogP contribution in [0.1, 0.15) is 41.6 Å². The van der Waals surface area contributed by atoms with E-state index in [-0.39, 0.29) is 11.7 Å². The third-order valence-corrected chi connectivity index (χ3v) is 4.61. The van der Waals surface area contributed by atoms with E-state index in [0.29, 0.717) is 17.5 Å². The van der Waals surface area contributed by atoms with Gasteiger partial charge in [0.1, 0.15) is 5.75 Å². The van der Waals surface area contributed by atoms with Gasteiger partial charge in [-0.15, -0.1) is 0 Å². The Morgan fingerprint density at radius 2 is 2.00 bits per heavy atom. The zero-order valence-corrected chi connectivity index (χ0v) is 12.6. The second-order valence-corrected chi connectivity index (χ2v) is 6.38. The molecule has 4 nitrogen and oxygen atoms in total. The molecule has 21 heavy (non-hydrogen) atoms. The van der Waals surface area contributed by atoms with Crippen LogP contribution in [0.2, 0.25) is 0 Å². The van der Waals surface area contributed by atoms with Gasteiger partial charge in [0, 0.05) is 18.2 Å². The first-order chi connectivity index (χ1) is 10.1. The molecule has 114 valence electrons. The van der Waals surface area contributed by atoms with Crippen molar-refractivity contribution in [3.8, 4) is 5.75 Å². The predicted molar refractivity (Wildman–Crippen MR) is 82.5 cm³/mol. The molecule has 1 aliphatic heterocycles. The van der Waals surface area contributed by atoms with Crippen molar-refractivity contribution in [2.45, 2.75) is 38.6 Å². The third kappa shape index (κ3) is 3.38. The van der Waals surface area contributed by atoms with E-state index in [4.69, 9.17) is 0 Å². The summed E-state index contributed by atoms with van der Waals surface area (Å²) in [5.41, 5.74) is 1.46. The summed E-state index contributed by atoms with van der Waals surface area (Å²) in [6, 6.07) is 5.59. The number of carbonyl (C=O) groups is 1. The van der Waals surface area contributed by atoms with E-state index in [2.05, 4.69) is 10.2 Å². The number of phenols is 1. The maximum Gasteiger partial charge on any atom is 0.254 e. The summed E-state index contributed by atoms with van der Waals surface area (Å²) in [5.74, 6) is 0.996. The van der Waals surface area contributed by atoms with Crippen LogP contribution in [0.25, 0.3) is 0 Å². The molecule has 0 atom stereocenters. The highest BCUT2D eigenvalue weighted by molar-refractivity contribution is 5.95. The monoisotopic (exact) mass is 288 g/mol. The number of rotatable bonds is 4. The predicted octanol–water partition coefficient (Wildman–Crippen LogP) is 2.30. The second-order valence-electron chi connectivity index (χ2n) is 6.38. The molecule has 0 aromatic heterocycles. The average Bonchev–Trinajstić information content (AvgIpc) is 3.33. The number of benzene rings is 1. The molecule has 0 unspecified atom stereocenters. The lowest BCUT2D eigenvalue weighted by Crippen LogP contribution is -2.40. The molecule has 1 aromatic carbocycles. The number of aromatic hydroxyl groups is 1. The topological polar surface area (TPSA) is 52.6 Å². The van der Waals surface area contributed by atoms with Gasteiger partial charge in [0.2, 0.25) is 0 Å². The quantitative estimate of drug-likeness (QED) is 0.894. The van der Waals surface area contributed by atoms with Crippen LogP contribution in [-0.2, 0) is 0 Å². The van der Waals surface area contributed by atoms with E-state index in [1.54, 1.807) is 18.2 Å². The summed E-state index contributed by atoms with van der Waals surface area (Å²) in [6.45, 7) is 4.84. The number of carbonyl (C=O) groups excluding carboxylic acids is 1. The van der Waals surface area contributed by atoms with E-state index >= 15 is 0 Å². The average molecular weight is 288 g/mol. The standard InChI is InChI=1S/C17H24N2O2/c1-12-10-14(2-5-16(12)20)17(21)19(15-3-4-15)11-13-6-8-18-9-7-13/h2,5,10,13,15,18,20H,3-4,6-9,11H2,1H3. The van der Waals surface area contributed by atoms with Crippen LogP contribution in [0.15, 0.2) is 18.2 Å². The molecule has 3 rings (SSSR count). The van der Waals surface area contributed by atoms with Crippen molar-refractivity contribution in [3.05, 3.63) is 29.3 Å². The van der Waals surface area contributed by atoms with Crippen molar-refractivity contribution in [2.24, 2.45) is 5.92 Å². The van der Waals surface area contributed by atoms with Gasteiger partial charge in [-0.05, 0) is 75.4 Å². The molecule has 1 saturated carbocycles. The Morgan fingerprint density at radius 1 is 1.29 bits per heavy atom. The molecule has 1 heterocycles. The highest BCUT2D eigenvalue weighted by Gasteiger charge is 2.34. The minimum atomic E-state index is 0.124. The highest BCUT2D eigenvalue weighted by atomic mass is 16.3. The summed E-state index contributed by atoms with van der Waals surface area (Å²) in [7, 11) is 0. The Balaban J connectivity index is 1.73. The van der Waals surface area contributed by atoms with E-state index < -0.39 is 0 Å². The smallest absolute Gasteiger partial charge is 0.254 e. The minimum absolute atomic E-state index is 0.124. The fraction of sp³-hybridized carbons (Fsp3) is 0.588. The summed E-state index contributed by atoms with van der Waals surface area (Å²) in [5, 5.41) is 13.0. The Labute approximate surface area is 126 Å². The molecule has 0 spiro atoms. The largest absolute Gasteiger partial charge is 0.508 e. The van der Waals surface area contributed by atoms with E-state index in [0.717, 1.165) is 50.9 Å². The SMILES string of the molecule is Cc1cc(C(=O)N(CC2CCNCC2)C2CC2)ccc1O. The van der Waals surface area contributed by atoms with Gasteiger partial charge in [0.05, 0.1) is 0 Å². The minimum Gasteiger partial charge on any atom is -0.508 e. The van der Waals surface area contributed by atoms with E-state index in [1.165, 1.54) is 0 Å². The Kier molecular flexibility index (Phi) is 4.15. The van der Waals surface area contributed by atoms with Crippen LogP contribution in [0.3, 0.4) is 0 Å². The maximum atomic E-state index is 12.8. The lowest BCUT2D eigenvalue weighted by molar-refractivity contribution is 0.0701. The van der Waals surface area contributed by atoms with Gasteiger partial charge in [-0.1, -0.05) is 0 Å². The molecular formula is C17H24N2O2. The number of hydrogen-bond acceptors (Lipinski definition) is 3. The fourth-order valence-electron chi connectivity index (χ4n) is 3.08. The molecule has 2 N–H and O–H groups in total. The first-order valence-electron chi connectivity index (χ1n) is 7.96. The Bertz CT molecular complexity index is 520. The first kappa shape index (κ1) is 14.4. The highest BCUT2D eigenvalue weighted by Crippen LogP contribution is 2.31. The van der Waals surface area contributed by atoms with Crippen LogP contribution in [0.5, 0.6) is 5.75 Å². The zero-order valence-electron chi connectivity index (χ0n) is 12.6. The molecule has 1 amide bonds. The third-order valence-electron chi connectivity index (χ3n) is 4.61. The van der Waals surface area contributed by atoms with Gasteiger partial charge in [-0.2, -0.15) is 0 Å². The van der Waals surface area contributed by atoms with Crippen molar-refractivity contribution >= 4 is 5.91 Å². The first-order valence-corrected chi connectivity index (χ1v) is 7.96. The van der Waals surface area contributed by atoms with E-state index in [1.807, 2.05) is 6.92 Å². The number of hydrogen-bond donors (Lipinski definition) is 2. The van der Waals surface area contributed by atoms with Crippen LogP contribution in [-0.4, -0.2) is 41.6 Å². The van der Waals surface area contributed by atoms with Crippen LogP contribution < -0.4 is 5.32 Å². The second kappa shape index (κ2) is 6.06. The molecular weight excluding hydrogens is 264 g/mol. The molecule has 1 aromatic rings. The van der Waals surface area contributed by atoms with Crippen molar-refractivity contribution in [3.63, 3.8) is 0 Å². The number of nitrogens with zero attached hydrogens (tertiary/aromatic N) is 1. The van der Waals surface area contributed by atoms with Crippen LogP contribution >= 0.6 is 0 Å². The molecule has 4 heteroatoms. The van der Waals surface area contributed by atoms with Crippen molar-refractivity contribution < 1.29 is 9.90 Å². The number of aryl methyl sites for hydroxylation is 1. The Morgan fingerprint density at radius 3 is 2.62 bits per heavy atom. The van der Waals surface area contributed by atoms with Gasteiger partial charge < -0.3 is 15.3 Å². The number of nitrogens with one attached hydrogen (secondary N) is 1. The zero-order chi connectivity index (χ0) is 14.8. The van der Waals surface area contributed by atoms with Crippen LogP contribution in [0, 0.1) is 12.8 Å². The number of amides is 1. The summed E-state index contributed by atoms with van der Waals surface area (Å²) in [6.07, 6.45) is 4.58. The molecule has 0 bridgehead atoms. The lowest BCUT2D eigenvalue weighted by Gasteiger charge is -2.30. The lowest BCUT2D eigenvalue weighted by atomic mass is 9.97. The normalized spacial score (nSPS) is 19.5. The summed E-state index contributed by atoms with van der Waals surface area (Å²) in [4.78, 5) is 14.9. The van der Waals surface area contributed by atoms with Crippen LogP contribution in [0.4, 0.5) is 0 Å². The van der Waals surface area contributed by atoms with Crippen molar-refractivity contribution in [1.29, 1.82) is 0 Å². The van der Waals surface area contributed by atoms with Gasteiger partial charge in [0.25, 0.3) is 5.91 Å². The molecule has 2 fully saturated rings. The van der Waals surface area contributed by atoms with Crippen molar-refractivity contribution in [2.75, 3.05) is 19.6 Å². The summed E-state index contributed by atoms with van der Waals surface area (Å²) >= 11 is 0. The molecule has 0 radical (unpaired) electrons. The molecule has 1 saturated heterocycles. The molecule has 2 aliphatic rings. The fourth-order valence-corrected chi connectivity index (χ4v) is 3.08.